The van der Waals surface area contributed by atoms with Crippen molar-refractivity contribution in [1.82, 2.24) is 0 Å². The molecule has 4 heteroatoms. The molecule has 0 rings (SSSR count). The highest BCUT2D eigenvalue weighted by molar-refractivity contribution is 5.83. The molecule has 0 bridgehead atoms. The van der Waals surface area contributed by atoms with E-state index in [-0.39, 0.29) is 25.6 Å². The molecule has 0 aliphatic carbocycles. The van der Waals surface area contributed by atoms with E-state index in [1.807, 2.05) is 0 Å². The topological polar surface area (TPSA) is 77.8 Å². The van der Waals surface area contributed by atoms with Gasteiger partial charge in [-0.05, 0) is 6.42 Å². The van der Waals surface area contributed by atoms with Gasteiger partial charge in [-0.15, -0.1) is 0 Å². The van der Waals surface area contributed by atoms with E-state index in [2.05, 4.69) is 0 Å². The summed E-state index contributed by atoms with van der Waals surface area (Å²) in [4.78, 5) is 11.3. The summed E-state index contributed by atoms with van der Waals surface area (Å²) in [6, 6.07) is 0. The van der Waals surface area contributed by atoms with E-state index in [4.69, 9.17) is 15.3 Å². The van der Waals surface area contributed by atoms with Crippen molar-refractivity contribution in [2.45, 2.75) is 13.3 Å². The summed E-state index contributed by atoms with van der Waals surface area (Å²) in [6.07, 6.45) is 0.534. The fourth-order valence-corrected chi connectivity index (χ4v) is 0.991. The molecule has 0 fully saturated rings. The molecule has 0 aliphatic heterocycles. The summed E-state index contributed by atoms with van der Waals surface area (Å²) in [7, 11) is 0. The molecule has 0 saturated heterocycles. The van der Waals surface area contributed by atoms with Crippen molar-refractivity contribution < 1.29 is 20.1 Å². The largest absolute Gasteiger partial charge is 0.396 e. The highest BCUT2D eigenvalue weighted by atomic mass is 16.3. The molecule has 12 heavy (non-hydrogen) atoms. The van der Waals surface area contributed by atoms with Crippen molar-refractivity contribution in [3.05, 3.63) is 0 Å². The van der Waals surface area contributed by atoms with Crippen LogP contribution in [0.1, 0.15) is 13.3 Å². The van der Waals surface area contributed by atoms with Crippen molar-refractivity contribution in [1.29, 1.82) is 0 Å². The summed E-state index contributed by atoms with van der Waals surface area (Å²) in [5.41, 5.74) is 0. The zero-order chi connectivity index (χ0) is 9.56. The first kappa shape index (κ1) is 11.6. The predicted octanol–water partition coefficient (Wildman–Crippen LogP) is -0.825. The monoisotopic (exact) mass is 176 g/mol. The normalized spacial score (nSPS) is 13.4. The number of carbonyl (C=O) groups is 1. The van der Waals surface area contributed by atoms with Crippen molar-refractivity contribution in [2.75, 3.05) is 19.8 Å². The minimum atomic E-state index is -0.734. The van der Waals surface area contributed by atoms with Gasteiger partial charge in [-0.25, -0.2) is 0 Å². The van der Waals surface area contributed by atoms with Gasteiger partial charge in [-0.2, -0.15) is 0 Å². The van der Waals surface area contributed by atoms with Crippen LogP contribution in [0.2, 0.25) is 0 Å². The fourth-order valence-electron chi connectivity index (χ4n) is 0.991. The molecule has 0 spiro atoms. The summed E-state index contributed by atoms with van der Waals surface area (Å²) >= 11 is 0. The van der Waals surface area contributed by atoms with E-state index in [0.717, 1.165) is 0 Å². The van der Waals surface area contributed by atoms with E-state index in [9.17, 15) is 4.79 Å². The Morgan fingerprint density at radius 3 is 1.75 bits per heavy atom. The average Bonchev–Trinajstić information content (AvgIpc) is 2.09. The maximum Gasteiger partial charge on any atom is 0.145 e. The van der Waals surface area contributed by atoms with E-state index in [1.54, 1.807) is 6.92 Å². The average molecular weight is 176 g/mol. The van der Waals surface area contributed by atoms with Crippen LogP contribution in [0, 0.1) is 11.8 Å². The molecular formula is C8H16O4. The van der Waals surface area contributed by atoms with Crippen LogP contribution in [0.3, 0.4) is 0 Å². The van der Waals surface area contributed by atoms with Gasteiger partial charge in [0.15, 0.2) is 0 Å². The highest BCUT2D eigenvalue weighted by Crippen LogP contribution is 2.10. The second-order valence-corrected chi connectivity index (χ2v) is 2.75. The maximum absolute atomic E-state index is 11.3. The lowest BCUT2D eigenvalue weighted by Crippen LogP contribution is -2.30. The predicted molar refractivity (Wildman–Crippen MR) is 43.5 cm³/mol. The SMILES string of the molecule is CCC(CO)C(=O)C(CO)CO. The number of hydrogen-bond donors (Lipinski definition) is 3. The molecule has 1 unspecified atom stereocenters. The minimum absolute atomic E-state index is 0.216. The van der Waals surface area contributed by atoms with Gasteiger partial charge >= 0.3 is 0 Å². The van der Waals surface area contributed by atoms with Gasteiger partial charge in [0.1, 0.15) is 5.78 Å². The number of aliphatic hydroxyl groups is 3. The molecule has 0 heterocycles. The smallest absolute Gasteiger partial charge is 0.145 e. The van der Waals surface area contributed by atoms with Gasteiger partial charge in [-0.1, -0.05) is 6.92 Å². The second-order valence-electron chi connectivity index (χ2n) is 2.75. The molecule has 0 aromatic rings. The van der Waals surface area contributed by atoms with Crippen molar-refractivity contribution >= 4 is 5.78 Å². The van der Waals surface area contributed by atoms with Gasteiger partial charge < -0.3 is 15.3 Å². The third-order valence-corrected chi connectivity index (χ3v) is 1.96. The molecule has 0 aliphatic rings. The Hall–Kier alpha value is -0.450. The van der Waals surface area contributed by atoms with Crippen molar-refractivity contribution in [3.8, 4) is 0 Å². The van der Waals surface area contributed by atoms with Crippen LogP contribution >= 0.6 is 0 Å². The molecule has 0 amide bonds. The number of rotatable bonds is 6. The number of aliphatic hydroxyl groups excluding tert-OH is 3. The molecule has 0 radical (unpaired) electrons. The lowest BCUT2D eigenvalue weighted by molar-refractivity contribution is -0.130. The molecule has 0 aromatic carbocycles. The van der Waals surface area contributed by atoms with Crippen LogP contribution in [0.5, 0.6) is 0 Å². The summed E-state index contributed by atoms with van der Waals surface area (Å²) < 4.78 is 0. The van der Waals surface area contributed by atoms with E-state index >= 15 is 0 Å². The third-order valence-electron chi connectivity index (χ3n) is 1.96. The summed E-state index contributed by atoms with van der Waals surface area (Å²) in [6.45, 7) is 0.855. The Balaban J connectivity index is 4.12. The Morgan fingerprint density at radius 1 is 1.08 bits per heavy atom. The van der Waals surface area contributed by atoms with Crippen LogP contribution < -0.4 is 0 Å². The minimum Gasteiger partial charge on any atom is -0.396 e. The van der Waals surface area contributed by atoms with E-state index in [1.165, 1.54) is 0 Å². The molecule has 72 valence electrons. The number of hydrogen-bond acceptors (Lipinski definition) is 4. The zero-order valence-electron chi connectivity index (χ0n) is 7.23. The lowest BCUT2D eigenvalue weighted by atomic mass is 9.92. The summed E-state index contributed by atoms with van der Waals surface area (Å²) in [5, 5.41) is 26.1. The molecule has 1 atom stereocenters. The van der Waals surface area contributed by atoms with Crippen molar-refractivity contribution in [2.24, 2.45) is 11.8 Å². The molecule has 0 saturated carbocycles. The van der Waals surface area contributed by atoms with Gasteiger partial charge in [0.2, 0.25) is 0 Å². The second kappa shape index (κ2) is 6.11. The first-order valence-corrected chi connectivity index (χ1v) is 4.07. The van der Waals surface area contributed by atoms with Gasteiger partial charge in [0.05, 0.1) is 25.7 Å². The third kappa shape index (κ3) is 2.89. The van der Waals surface area contributed by atoms with Crippen LogP contribution in [0.25, 0.3) is 0 Å². The van der Waals surface area contributed by atoms with Gasteiger partial charge in [0, 0.05) is 5.92 Å². The van der Waals surface area contributed by atoms with Crippen LogP contribution in [0.4, 0.5) is 0 Å². The molecule has 0 aromatic heterocycles. The quantitative estimate of drug-likeness (QED) is 0.494. The van der Waals surface area contributed by atoms with E-state index in [0.29, 0.717) is 6.42 Å². The van der Waals surface area contributed by atoms with Gasteiger partial charge in [-0.3, -0.25) is 4.79 Å². The maximum atomic E-state index is 11.3. The van der Waals surface area contributed by atoms with Crippen molar-refractivity contribution in [3.63, 3.8) is 0 Å². The lowest BCUT2D eigenvalue weighted by Gasteiger charge is -2.15. The Kier molecular flexibility index (Phi) is 5.88. The first-order chi connectivity index (χ1) is 5.71. The zero-order valence-corrected chi connectivity index (χ0v) is 7.23. The Morgan fingerprint density at radius 2 is 1.50 bits per heavy atom. The van der Waals surface area contributed by atoms with Gasteiger partial charge in [0.25, 0.3) is 0 Å². The fraction of sp³-hybridized carbons (Fsp3) is 0.875. The summed E-state index contributed by atoms with van der Waals surface area (Å²) in [5.74, 6) is -1.44. The molecular weight excluding hydrogens is 160 g/mol. The Bertz CT molecular complexity index is 113. The Labute approximate surface area is 71.8 Å². The van der Waals surface area contributed by atoms with Crippen LogP contribution in [-0.2, 0) is 4.79 Å². The number of carbonyl (C=O) groups excluding carboxylic acids is 1. The highest BCUT2D eigenvalue weighted by Gasteiger charge is 2.23. The van der Waals surface area contributed by atoms with Crippen LogP contribution in [-0.4, -0.2) is 40.9 Å². The number of ketones is 1. The van der Waals surface area contributed by atoms with Crippen LogP contribution in [0.15, 0.2) is 0 Å². The first-order valence-electron chi connectivity index (χ1n) is 4.07. The molecule has 3 N–H and O–H groups in total. The molecule has 4 nitrogen and oxygen atoms in total. The number of Topliss-reactive ketones (excluding diaryl/α,β-unsaturated/α-hetero) is 1. The standard InChI is InChI=1S/C8H16O4/c1-2-6(3-9)8(12)7(4-10)5-11/h6-7,9-11H,2-5H2,1H3. The van der Waals surface area contributed by atoms with E-state index < -0.39 is 11.8 Å².